The third-order valence-corrected chi connectivity index (χ3v) is 3.21. The van der Waals surface area contributed by atoms with Crippen molar-refractivity contribution in [1.29, 1.82) is 0 Å². The molecule has 0 aliphatic carbocycles. The molecule has 0 saturated heterocycles. The number of hydrogen-bond donors (Lipinski definition) is 1. The van der Waals surface area contributed by atoms with E-state index in [4.69, 9.17) is 4.74 Å². The van der Waals surface area contributed by atoms with E-state index < -0.39 is 5.60 Å². The second-order valence-corrected chi connectivity index (χ2v) is 6.11. The number of nitrogens with zero attached hydrogens (tertiary/aromatic N) is 1. The van der Waals surface area contributed by atoms with E-state index in [-0.39, 0.29) is 17.9 Å². The van der Waals surface area contributed by atoms with Crippen LogP contribution in [0.3, 0.4) is 0 Å². The molecule has 1 aliphatic heterocycles. The summed E-state index contributed by atoms with van der Waals surface area (Å²) in [6, 6.07) is 5.44. The Hall–Kier alpha value is -1.71. The van der Waals surface area contributed by atoms with E-state index in [0.29, 0.717) is 6.54 Å². The average Bonchev–Trinajstić information content (AvgIpc) is 2.26. The molecule has 1 unspecified atom stereocenters. The first-order valence-electron chi connectivity index (χ1n) is 6.56. The van der Waals surface area contributed by atoms with Gasteiger partial charge in [-0.05, 0) is 57.4 Å². The SMILES string of the molecule is CC1Cc2ccc(O)cc2CN1C(=O)OC(C)(C)C. The van der Waals surface area contributed by atoms with Crippen LogP contribution in [0.2, 0.25) is 0 Å². The molecule has 1 aliphatic rings. The van der Waals surface area contributed by atoms with Crippen LogP contribution in [0.4, 0.5) is 4.79 Å². The molecule has 0 fully saturated rings. The molecule has 2 rings (SSSR count). The number of rotatable bonds is 0. The lowest BCUT2D eigenvalue weighted by Crippen LogP contribution is -2.45. The van der Waals surface area contributed by atoms with Gasteiger partial charge in [0.1, 0.15) is 11.4 Å². The Morgan fingerprint density at radius 1 is 1.37 bits per heavy atom. The normalized spacial score (nSPS) is 18.9. The molecule has 1 aromatic carbocycles. The molecule has 0 radical (unpaired) electrons. The van der Waals surface area contributed by atoms with Gasteiger partial charge in [0.2, 0.25) is 0 Å². The first-order chi connectivity index (χ1) is 8.76. The second-order valence-electron chi connectivity index (χ2n) is 6.11. The van der Waals surface area contributed by atoms with Crippen LogP contribution in [-0.4, -0.2) is 27.7 Å². The maximum Gasteiger partial charge on any atom is 0.410 e. The number of aromatic hydroxyl groups is 1. The summed E-state index contributed by atoms with van der Waals surface area (Å²) in [6.07, 6.45) is 0.489. The summed E-state index contributed by atoms with van der Waals surface area (Å²) in [5.74, 6) is 0.234. The van der Waals surface area contributed by atoms with E-state index in [9.17, 15) is 9.90 Å². The Labute approximate surface area is 114 Å². The van der Waals surface area contributed by atoms with E-state index in [1.165, 1.54) is 5.56 Å². The molecule has 1 amide bonds. The van der Waals surface area contributed by atoms with E-state index in [1.54, 1.807) is 17.0 Å². The lowest BCUT2D eigenvalue weighted by Gasteiger charge is -2.36. The summed E-state index contributed by atoms with van der Waals surface area (Å²) in [5, 5.41) is 9.53. The van der Waals surface area contributed by atoms with Gasteiger partial charge in [0, 0.05) is 12.6 Å². The van der Waals surface area contributed by atoms with Crippen molar-refractivity contribution < 1.29 is 14.6 Å². The number of benzene rings is 1. The maximum absolute atomic E-state index is 12.2. The smallest absolute Gasteiger partial charge is 0.410 e. The molecule has 0 spiro atoms. The summed E-state index contributed by atoms with van der Waals surface area (Å²) in [6.45, 7) is 8.08. The van der Waals surface area contributed by atoms with Crippen molar-refractivity contribution in [3.8, 4) is 5.75 Å². The second kappa shape index (κ2) is 4.76. The van der Waals surface area contributed by atoms with Crippen LogP contribution < -0.4 is 0 Å². The highest BCUT2D eigenvalue weighted by Gasteiger charge is 2.30. The molecule has 1 aromatic rings. The Morgan fingerprint density at radius 2 is 2.05 bits per heavy atom. The predicted molar refractivity (Wildman–Crippen MR) is 73.0 cm³/mol. The van der Waals surface area contributed by atoms with Crippen LogP contribution in [0.5, 0.6) is 5.75 Å². The first kappa shape index (κ1) is 13.7. The van der Waals surface area contributed by atoms with Crippen LogP contribution >= 0.6 is 0 Å². The van der Waals surface area contributed by atoms with Gasteiger partial charge in [-0.1, -0.05) is 6.07 Å². The van der Waals surface area contributed by atoms with Gasteiger partial charge in [-0.25, -0.2) is 4.79 Å². The zero-order chi connectivity index (χ0) is 14.2. The summed E-state index contributed by atoms with van der Waals surface area (Å²) in [4.78, 5) is 13.9. The van der Waals surface area contributed by atoms with E-state index in [1.807, 2.05) is 33.8 Å². The monoisotopic (exact) mass is 263 g/mol. The Morgan fingerprint density at radius 3 is 2.68 bits per heavy atom. The summed E-state index contributed by atoms with van der Waals surface area (Å²) in [7, 11) is 0. The predicted octanol–water partition coefficient (Wildman–Crippen LogP) is 3.07. The third kappa shape index (κ3) is 3.19. The number of phenolic OH excluding ortho intramolecular Hbond substituents is 1. The fraction of sp³-hybridized carbons (Fsp3) is 0.533. The zero-order valence-electron chi connectivity index (χ0n) is 11.9. The Kier molecular flexibility index (Phi) is 3.43. The lowest BCUT2D eigenvalue weighted by molar-refractivity contribution is 0.0138. The molecule has 1 atom stereocenters. The number of carbonyl (C=O) groups is 1. The van der Waals surface area contributed by atoms with Crippen molar-refractivity contribution in [2.24, 2.45) is 0 Å². The molecule has 0 bridgehead atoms. The fourth-order valence-corrected chi connectivity index (χ4v) is 2.29. The molecule has 0 aromatic heterocycles. The van der Waals surface area contributed by atoms with Crippen molar-refractivity contribution in [2.45, 2.75) is 52.3 Å². The van der Waals surface area contributed by atoms with Crippen LogP contribution in [-0.2, 0) is 17.7 Å². The third-order valence-electron chi connectivity index (χ3n) is 3.21. The number of hydrogen-bond acceptors (Lipinski definition) is 3. The highest BCUT2D eigenvalue weighted by atomic mass is 16.6. The molecule has 4 nitrogen and oxygen atoms in total. The fourth-order valence-electron chi connectivity index (χ4n) is 2.29. The van der Waals surface area contributed by atoms with Crippen LogP contribution in [0, 0.1) is 0 Å². The number of ether oxygens (including phenoxy) is 1. The van der Waals surface area contributed by atoms with Gasteiger partial charge in [0.15, 0.2) is 0 Å². The molecule has 4 heteroatoms. The zero-order valence-corrected chi connectivity index (χ0v) is 11.9. The minimum Gasteiger partial charge on any atom is -0.508 e. The largest absolute Gasteiger partial charge is 0.508 e. The Bertz CT molecular complexity index is 491. The molecule has 1 N–H and O–H groups in total. The lowest BCUT2D eigenvalue weighted by atomic mass is 9.95. The van der Waals surface area contributed by atoms with Crippen molar-refractivity contribution in [2.75, 3.05) is 0 Å². The number of phenols is 1. The maximum atomic E-state index is 12.2. The standard InChI is InChI=1S/C15H21NO3/c1-10-7-11-5-6-13(17)8-12(11)9-16(10)14(18)19-15(2,3)4/h5-6,8,10,17H,7,9H2,1-4H3. The topological polar surface area (TPSA) is 49.8 Å². The summed E-state index contributed by atoms with van der Waals surface area (Å²) in [5.41, 5.74) is 1.68. The van der Waals surface area contributed by atoms with Gasteiger partial charge in [0.25, 0.3) is 0 Å². The van der Waals surface area contributed by atoms with E-state index in [0.717, 1.165) is 12.0 Å². The van der Waals surface area contributed by atoms with Crippen molar-refractivity contribution in [3.05, 3.63) is 29.3 Å². The Balaban J connectivity index is 2.19. The molecule has 0 saturated carbocycles. The minimum absolute atomic E-state index is 0.104. The molecular weight excluding hydrogens is 242 g/mol. The number of amides is 1. The average molecular weight is 263 g/mol. The number of carbonyl (C=O) groups excluding carboxylic acids is 1. The number of fused-ring (bicyclic) bond motifs is 1. The van der Waals surface area contributed by atoms with E-state index >= 15 is 0 Å². The van der Waals surface area contributed by atoms with Crippen LogP contribution in [0.1, 0.15) is 38.8 Å². The van der Waals surface area contributed by atoms with Gasteiger partial charge in [-0.2, -0.15) is 0 Å². The van der Waals surface area contributed by atoms with Gasteiger partial charge in [-0.3, -0.25) is 0 Å². The first-order valence-corrected chi connectivity index (χ1v) is 6.56. The minimum atomic E-state index is -0.490. The molecular formula is C15H21NO3. The van der Waals surface area contributed by atoms with Crippen LogP contribution in [0.25, 0.3) is 0 Å². The van der Waals surface area contributed by atoms with Gasteiger partial charge in [-0.15, -0.1) is 0 Å². The highest BCUT2D eigenvalue weighted by molar-refractivity contribution is 5.69. The van der Waals surface area contributed by atoms with Crippen molar-refractivity contribution >= 4 is 6.09 Å². The molecule has 104 valence electrons. The quantitative estimate of drug-likeness (QED) is 0.782. The molecule has 1 heterocycles. The van der Waals surface area contributed by atoms with E-state index in [2.05, 4.69) is 0 Å². The van der Waals surface area contributed by atoms with Crippen molar-refractivity contribution in [1.82, 2.24) is 4.90 Å². The van der Waals surface area contributed by atoms with Gasteiger partial charge >= 0.3 is 6.09 Å². The van der Waals surface area contributed by atoms with Gasteiger partial charge < -0.3 is 14.7 Å². The summed E-state index contributed by atoms with van der Waals surface area (Å²) >= 11 is 0. The summed E-state index contributed by atoms with van der Waals surface area (Å²) < 4.78 is 5.42. The highest BCUT2D eigenvalue weighted by Crippen LogP contribution is 2.27. The molecule has 19 heavy (non-hydrogen) atoms. The van der Waals surface area contributed by atoms with Gasteiger partial charge in [0.05, 0.1) is 0 Å². The van der Waals surface area contributed by atoms with Crippen molar-refractivity contribution in [3.63, 3.8) is 0 Å². The van der Waals surface area contributed by atoms with Crippen LogP contribution in [0.15, 0.2) is 18.2 Å².